The summed E-state index contributed by atoms with van der Waals surface area (Å²) in [5, 5.41) is 2.49. The highest BCUT2D eigenvalue weighted by atomic mass is 16.5. The van der Waals surface area contributed by atoms with E-state index in [0.29, 0.717) is 12.1 Å². The van der Waals surface area contributed by atoms with E-state index in [4.69, 9.17) is 4.74 Å². The molecule has 0 aliphatic heterocycles. The number of hydrogen-bond donors (Lipinski definition) is 1. The van der Waals surface area contributed by atoms with E-state index in [1.807, 2.05) is 7.11 Å². The lowest BCUT2D eigenvalue weighted by Crippen LogP contribution is -2.93. The fourth-order valence-corrected chi connectivity index (χ4v) is 2.80. The van der Waals surface area contributed by atoms with Crippen LogP contribution in [-0.4, -0.2) is 25.8 Å². The van der Waals surface area contributed by atoms with Gasteiger partial charge in [-0.2, -0.15) is 0 Å². The van der Waals surface area contributed by atoms with Gasteiger partial charge in [0.2, 0.25) is 0 Å². The molecule has 1 fully saturated rings. The molecule has 17 heavy (non-hydrogen) atoms. The van der Waals surface area contributed by atoms with Crippen molar-refractivity contribution in [2.45, 2.75) is 44.2 Å². The number of nitrogens with two attached hydrogens (primary N) is 1. The SMILES string of the molecule is CO[C@H]1CCCC[C@H]1[NH2+]CCc1ccccc1. The van der Waals surface area contributed by atoms with Crippen LogP contribution in [0.1, 0.15) is 31.2 Å². The van der Waals surface area contributed by atoms with Crippen molar-refractivity contribution in [3.05, 3.63) is 35.9 Å². The van der Waals surface area contributed by atoms with Crippen molar-refractivity contribution < 1.29 is 10.1 Å². The van der Waals surface area contributed by atoms with E-state index in [-0.39, 0.29) is 0 Å². The van der Waals surface area contributed by atoms with Crippen LogP contribution < -0.4 is 5.32 Å². The van der Waals surface area contributed by atoms with Gasteiger partial charge in [-0.15, -0.1) is 0 Å². The molecule has 0 bridgehead atoms. The lowest BCUT2D eigenvalue weighted by atomic mass is 9.92. The van der Waals surface area contributed by atoms with Crippen LogP contribution in [-0.2, 0) is 11.2 Å². The first kappa shape index (κ1) is 12.6. The summed E-state index contributed by atoms with van der Waals surface area (Å²) in [6.45, 7) is 1.18. The smallest absolute Gasteiger partial charge is 0.112 e. The van der Waals surface area contributed by atoms with Gasteiger partial charge >= 0.3 is 0 Å². The Bertz CT molecular complexity index is 312. The van der Waals surface area contributed by atoms with Crippen LogP contribution in [0.5, 0.6) is 0 Å². The molecule has 0 radical (unpaired) electrons. The van der Waals surface area contributed by atoms with E-state index in [2.05, 4.69) is 35.6 Å². The summed E-state index contributed by atoms with van der Waals surface area (Å²) in [7, 11) is 1.86. The van der Waals surface area contributed by atoms with E-state index in [1.165, 1.54) is 37.8 Å². The van der Waals surface area contributed by atoms with Gasteiger partial charge in [0.15, 0.2) is 0 Å². The van der Waals surface area contributed by atoms with Crippen LogP contribution in [0.3, 0.4) is 0 Å². The number of methoxy groups -OCH3 is 1. The fraction of sp³-hybridized carbons (Fsp3) is 0.600. The molecule has 1 aromatic rings. The lowest BCUT2D eigenvalue weighted by molar-refractivity contribution is -0.698. The van der Waals surface area contributed by atoms with Crippen molar-refractivity contribution in [1.29, 1.82) is 0 Å². The molecule has 2 rings (SSSR count). The van der Waals surface area contributed by atoms with E-state index in [9.17, 15) is 0 Å². The molecule has 0 aromatic heterocycles. The van der Waals surface area contributed by atoms with Gasteiger partial charge in [-0.05, 0) is 18.4 Å². The van der Waals surface area contributed by atoms with Gasteiger partial charge in [0.05, 0.1) is 6.54 Å². The molecule has 1 aromatic carbocycles. The summed E-state index contributed by atoms with van der Waals surface area (Å²) in [5.74, 6) is 0. The number of hydrogen-bond acceptors (Lipinski definition) is 1. The summed E-state index contributed by atoms with van der Waals surface area (Å²) in [6, 6.07) is 11.4. The first-order chi connectivity index (χ1) is 8.40. The third-order valence-electron chi connectivity index (χ3n) is 3.80. The molecule has 2 heteroatoms. The molecule has 2 N–H and O–H groups in total. The van der Waals surface area contributed by atoms with Gasteiger partial charge in [0.25, 0.3) is 0 Å². The summed E-state index contributed by atoms with van der Waals surface area (Å²) < 4.78 is 5.58. The van der Waals surface area contributed by atoms with Gasteiger partial charge in [-0.25, -0.2) is 0 Å². The highest BCUT2D eigenvalue weighted by molar-refractivity contribution is 5.14. The van der Waals surface area contributed by atoms with Crippen molar-refractivity contribution >= 4 is 0 Å². The molecule has 1 saturated carbocycles. The topological polar surface area (TPSA) is 25.8 Å². The molecular formula is C15H24NO+. The second-order valence-corrected chi connectivity index (χ2v) is 4.98. The van der Waals surface area contributed by atoms with Crippen molar-refractivity contribution in [3.63, 3.8) is 0 Å². The van der Waals surface area contributed by atoms with Gasteiger partial charge in [-0.1, -0.05) is 36.8 Å². The number of rotatable bonds is 5. The Kier molecular flexibility index (Phi) is 5.02. The van der Waals surface area contributed by atoms with E-state index < -0.39 is 0 Å². The third-order valence-corrected chi connectivity index (χ3v) is 3.80. The second-order valence-electron chi connectivity index (χ2n) is 4.98. The first-order valence-corrected chi connectivity index (χ1v) is 6.80. The van der Waals surface area contributed by atoms with Gasteiger partial charge in [-0.3, -0.25) is 0 Å². The Labute approximate surface area is 104 Å². The van der Waals surface area contributed by atoms with Crippen LogP contribution in [0.4, 0.5) is 0 Å². The maximum absolute atomic E-state index is 5.58. The zero-order chi connectivity index (χ0) is 11.9. The van der Waals surface area contributed by atoms with Crippen LogP contribution in [0.25, 0.3) is 0 Å². The minimum Gasteiger partial charge on any atom is -0.375 e. The molecule has 0 unspecified atom stereocenters. The number of quaternary nitrogens is 1. The third kappa shape index (κ3) is 3.83. The quantitative estimate of drug-likeness (QED) is 0.825. The van der Waals surface area contributed by atoms with Crippen LogP contribution in [0.15, 0.2) is 30.3 Å². The van der Waals surface area contributed by atoms with Crippen LogP contribution in [0, 0.1) is 0 Å². The number of benzene rings is 1. The zero-order valence-corrected chi connectivity index (χ0v) is 10.8. The molecule has 0 saturated heterocycles. The molecule has 0 heterocycles. The van der Waals surface area contributed by atoms with Crippen LogP contribution >= 0.6 is 0 Å². The summed E-state index contributed by atoms with van der Waals surface area (Å²) >= 11 is 0. The summed E-state index contributed by atoms with van der Waals surface area (Å²) in [4.78, 5) is 0. The highest BCUT2D eigenvalue weighted by Gasteiger charge is 2.27. The predicted octanol–water partition coefficient (Wildman–Crippen LogP) is 1.75. The lowest BCUT2D eigenvalue weighted by Gasteiger charge is -2.28. The van der Waals surface area contributed by atoms with Crippen molar-refractivity contribution in [3.8, 4) is 0 Å². The summed E-state index contributed by atoms with van der Waals surface area (Å²) in [6.07, 6.45) is 6.89. The summed E-state index contributed by atoms with van der Waals surface area (Å²) in [5.41, 5.74) is 1.44. The molecular weight excluding hydrogens is 210 g/mol. The largest absolute Gasteiger partial charge is 0.375 e. The fourth-order valence-electron chi connectivity index (χ4n) is 2.80. The maximum Gasteiger partial charge on any atom is 0.112 e. The molecule has 1 aliphatic carbocycles. The Morgan fingerprint density at radius 2 is 1.94 bits per heavy atom. The molecule has 0 spiro atoms. The Morgan fingerprint density at radius 1 is 1.18 bits per heavy atom. The normalized spacial score (nSPS) is 24.8. The Balaban J connectivity index is 1.74. The average molecular weight is 234 g/mol. The van der Waals surface area contributed by atoms with Gasteiger partial charge in [0.1, 0.15) is 12.1 Å². The highest BCUT2D eigenvalue weighted by Crippen LogP contribution is 2.18. The van der Waals surface area contributed by atoms with Gasteiger partial charge in [0, 0.05) is 20.0 Å². The minimum atomic E-state index is 0.472. The predicted molar refractivity (Wildman–Crippen MR) is 70.0 cm³/mol. The van der Waals surface area contributed by atoms with E-state index in [0.717, 1.165) is 6.42 Å². The molecule has 2 atom stereocenters. The average Bonchev–Trinajstić information content (AvgIpc) is 2.40. The van der Waals surface area contributed by atoms with Crippen molar-refractivity contribution in [2.75, 3.05) is 13.7 Å². The number of ether oxygens (including phenoxy) is 1. The zero-order valence-electron chi connectivity index (χ0n) is 10.8. The second kappa shape index (κ2) is 6.77. The minimum absolute atomic E-state index is 0.472. The Morgan fingerprint density at radius 3 is 2.71 bits per heavy atom. The van der Waals surface area contributed by atoms with E-state index >= 15 is 0 Å². The van der Waals surface area contributed by atoms with Gasteiger partial charge < -0.3 is 10.1 Å². The van der Waals surface area contributed by atoms with E-state index in [1.54, 1.807) is 0 Å². The molecule has 2 nitrogen and oxygen atoms in total. The maximum atomic E-state index is 5.58. The standard InChI is InChI=1S/C15H23NO/c1-17-15-10-6-5-9-14(15)16-12-11-13-7-3-2-4-8-13/h2-4,7-8,14-16H,5-6,9-12H2,1H3/p+1/t14-,15+/m1/s1. The molecule has 1 aliphatic rings. The molecule has 94 valence electrons. The van der Waals surface area contributed by atoms with Crippen LogP contribution in [0.2, 0.25) is 0 Å². The Hall–Kier alpha value is -0.860. The van der Waals surface area contributed by atoms with Crippen molar-refractivity contribution in [1.82, 2.24) is 0 Å². The monoisotopic (exact) mass is 234 g/mol. The first-order valence-electron chi connectivity index (χ1n) is 6.80. The molecule has 0 amide bonds. The van der Waals surface area contributed by atoms with Crippen molar-refractivity contribution in [2.24, 2.45) is 0 Å².